The highest BCUT2D eigenvalue weighted by Crippen LogP contribution is 2.28. The molecule has 2 aromatic rings. The van der Waals surface area contributed by atoms with Crippen molar-refractivity contribution in [1.29, 1.82) is 0 Å². The fraction of sp³-hybridized carbons (Fsp3) is 0.562. The molecule has 0 aliphatic heterocycles. The fourth-order valence-corrected chi connectivity index (χ4v) is 2.87. The Bertz CT molecular complexity index is 617. The molecule has 2 aromatic heterocycles. The average Bonchev–Trinajstić information content (AvgIpc) is 3.01. The van der Waals surface area contributed by atoms with Crippen molar-refractivity contribution in [2.75, 3.05) is 11.9 Å². The van der Waals surface area contributed by atoms with Crippen LogP contribution in [0.3, 0.4) is 0 Å². The van der Waals surface area contributed by atoms with Gasteiger partial charge >= 0.3 is 0 Å². The summed E-state index contributed by atoms with van der Waals surface area (Å²) < 4.78 is 1.95. The lowest BCUT2D eigenvalue weighted by Crippen LogP contribution is -2.15. The minimum atomic E-state index is 0.800. The quantitative estimate of drug-likeness (QED) is 0.917. The van der Waals surface area contributed by atoms with Gasteiger partial charge in [0.2, 0.25) is 0 Å². The van der Waals surface area contributed by atoms with Gasteiger partial charge in [-0.3, -0.25) is 4.68 Å². The number of rotatable bonds is 5. The summed E-state index contributed by atoms with van der Waals surface area (Å²) in [5.74, 6) is 1.83. The molecule has 3 rings (SSSR count). The molecule has 0 amide bonds. The summed E-state index contributed by atoms with van der Waals surface area (Å²) in [5, 5.41) is 7.81. The van der Waals surface area contributed by atoms with Crippen molar-refractivity contribution < 1.29 is 0 Å². The molecule has 5 nitrogen and oxygen atoms in total. The number of nitrogens with one attached hydrogen (secondary N) is 1. The van der Waals surface area contributed by atoms with Gasteiger partial charge in [0.25, 0.3) is 0 Å². The van der Waals surface area contributed by atoms with E-state index in [2.05, 4.69) is 24.3 Å². The summed E-state index contributed by atoms with van der Waals surface area (Å²) in [6.45, 7) is 6.05. The van der Waals surface area contributed by atoms with Gasteiger partial charge in [0.15, 0.2) is 5.82 Å². The van der Waals surface area contributed by atoms with E-state index in [-0.39, 0.29) is 0 Å². The van der Waals surface area contributed by atoms with Crippen molar-refractivity contribution in [3.05, 3.63) is 23.5 Å². The van der Waals surface area contributed by atoms with Gasteiger partial charge in [0.1, 0.15) is 11.5 Å². The first-order valence-electron chi connectivity index (χ1n) is 7.99. The van der Waals surface area contributed by atoms with Gasteiger partial charge in [-0.05, 0) is 45.1 Å². The summed E-state index contributed by atoms with van der Waals surface area (Å²) in [7, 11) is 0. The van der Waals surface area contributed by atoms with Gasteiger partial charge < -0.3 is 5.32 Å². The maximum atomic E-state index is 4.82. The molecule has 0 bridgehead atoms. The molecule has 1 N–H and O–H groups in total. The molecule has 1 aliphatic rings. The lowest BCUT2D eigenvalue weighted by atomic mass is 9.96. The Kier molecular flexibility index (Phi) is 4.18. The van der Waals surface area contributed by atoms with Crippen molar-refractivity contribution >= 4 is 5.82 Å². The Hall–Kier alpha value is -1.91. The van der Waals surface area contributed by atoms with E-state index in [4.69, 9.17) is 9.97 Å². The van der Waals surface area contributed by atoms with Crippen LogP contribution >= 0.6 is 0 Å². The molecule has 112 valence electrons. The summed E-state index contributed by atoms with van der Waals surface area (Å²) in [5.41, 5.74) is 3.54. The molecule has 0 spiro atoms. The number of aromatic nitrogens is 4. The van der Waals surface area contributed by atoms with E-state index in [9.17, 15) is 0 Å². The van der Waals surface area contributed by atoms with Crippen LogP contribution in [0, 0.1) is 0 Å². The van der Waals surface area contributed by atoms with Crippen LogP contribution < -0.4 is 5.32 Å². The first kappa shape index (κ1) is 14.0. The zero-order chi connectivity index (χ0) is 14.7. The third-order valence-electron chi connectivity index (χ3n) is 3.97. The van der Waals surface area contributed by atoms with Gasteiger partial charge in [0, 0.05) is 30.5 Å². The van der Waals surface area contributed by atoms with Crippen LogP contribution in [0.4, 0.5) is 5.82 Å². The van der Waals surface area contributed by atoms with Gasteiger partial charge in [-0.15, -0.1) is 0 Å². The predicted molar refractivity (Wildman–Crippen MR) is 84.3 cm³/mol. The third kappa shape index (κ3) is 2.77. The van der Waals surface area contributed by atoms with Crippen LogP contribution in [0.1, 0.15) is 44.4 Å². The monoisotopic (exact) mass is 285 g/mol. The van der Waals surface area contributed by atoms with E-state index in [1.165, 1.54) is 24.1 Å². The second-order valence-corrected chi connectivity index (χ2v) is 5.49. The molecule has 0 aromatic carbocycles. The van der Waals surface area contributed by atoms with Gasteiger partial charge in [-0.2, -0.15) is 5.10 Å². The molecule has 2 heterocycles. The Labute approximate surface area is 125 Å². The van der Waals surface area contributed by atoms with Crippen LogP contribution in [0.2, 0.25) is 0 Å². The first-order valence-corrected chi connectivity index (χ1v) is 7.99. The molecule has 0 radical (unpaired) electrons. The number of hydrogen-bond donors (Lipinski definition) is 1. The second kappa shape index (κ2) is 6.24. The van der Waals surface area contributed by atoms with E-state index >= 15 is 0 Å². The van der Waals surface area contributed by atoms with Crippen molar-refractivity contribution in [3.63, 3.8) is 0 Å². The highest BCUT2D eigenvalue weighted by molar-refractivity contribution is 5.57. The van der Waals surface area contributed by atoms with Crippen molar-refractivity contribution in [1.82, 2.24) is 19.7 Å². The standard InChI is InChI=1S/C16H23N5/c1-3-10-17-15-12-7-5-6-8-13(12)19-16(20-15)14-9-11-18-21(14)4-2/h9,11H,3-8,10H2,1-2H3,(H,17,19,20). The Morgan fingerprint density at radius 2 is 2.05 bits per heavy atom. The Balaban J connectivity index is 2.05. The van der Waals surface area contributed by atoms with Gasteiger partial charge in [-0.1, -0.05) is 6.92 Å². The molecule has 0 unspecified atom stereocenters. The van der Waals surface area contributed by atoms with Crippen molar-refractivity contribution in [2.45, 2.75) is 52.5 Å². The van der Waals surface area contributed by atoms with Gasteiger partial charge in [0.05, 0.1) is 0 Å². The molecule has 0 saturated heterocycles. The SMILES string of the molecule is CCCNc1nc(-c2ccnn2CC)nc2c1CCCC2. The predicted octanol–water partition coefficient (Wildman–Crippen LogP) is 3.06. The largest absolute Gasteiger partial charge is 0.370 e. The number of anilines is 1. The van der Waals surface area contributed by atoms with E-state index in [0.29, 0.717) is 0 Å². The van der Waals surface area contributed by atoms with Crippen LogP contribution in [-0.4, -0.2) is 26.3 Å². The van der Waals surface area contributed by atoms with E-state index < -0.39 is 0 Å². The maximum Gasteiger partial charge on any atom is 0.180 e. The Morgan fingerprint density at radius 1 is 1.19 bits per heavy atom. The summed E-state index contributed by atoms with van der Waals surface area (Å²) in [6.07, 6.45) is 7.54. The molecule has 1 aliphatic carbocycles. The maximum absolute atomic E-state index is 4.82. The van der Waals surface area contributed by atoms with E-state index in [1.54, 1.807) is 0 Å². The molecule has 5 heteroatoms. The van der Waals surface area contributed by atoms with Gasteiger partial charge in [-0.25, -0.2) is 9.97 Å². The van der Waals surface area contributed by atoms with Crippen molar-refractivity contribution in [3.8, 4) is 11.5 Å². The van der Waals surface area contributed by atoms with Crippen LogP contribution in [-0.2, 0) is 19.4 Å². The molecule has 21 heavy (non-hydrogen) atoms. The number of aryl methyl sites for hydroxylation is 2. The van der Waals surface area contributed by atoms with E-state index in [0.717, 1.165) is 49.7 Å². The zero-order valence-electron chi connectivity index (χ0n) is 12.9. The van der Waals surface area contributed by atoms with Crippen LogP contribution in [0.15, 0.2) is 12.3 Å². The summed E-state index contributed by atoms with van der Waals surface area (Å²) in [4.78, 5) is 9.61. The Morgan fingerprint density at radius 3 is 2.86 bits per heavy atom. The summed E-state index contributed by atoms with van der Waals surface area (Å²) in [6, 6.07) is 2.00. The molecule has 0 saturated carbocycles. The smallest absolute Gasteiger partial charge is 0.180 e. The number of nitrogens with zero attached hydrogens (tertiary/aromatic N) is 4. The van der Waals surface area contributed by atoms with Crippen LogP contribution in [0.25, 0.3) is 11.5 Å². The molecular weight excluding hydrogens is 262 g/mol. The van der Waals surface area contributed by atoms with E-state index in [1.807, 2.05) is 16.9 Å². The minimum absolute atomic E-state index is 0.800. The third-order valence-corrected chi connectivity index (χ3v) is 3.97. The number of fused-ring (bicyclic) bond motifs is 1. The fourth-order valence-electron chi connectivity index (χ4n) is 2.87. The average molecular weight is 285 g/mol. The highest BCUT2D eigenvalue weighted by Gasteiger charge is 2.19. The molecular formula is C16H23N5. The lowest BCUT2D eigenvalue weighted by molar-refractivity contribution is 0.651. The topological polar surface area (TPSA) is 55.6 Å². The van der Waals surface area contributed by atoms with Crippen molar-refractivity contribution in [2.24, 2.45) is 0 Å². The minimum Gasteiger partial charge on any atom is -0.370 e. The first-order chi connectivity index (χ1) is 10.3. The van der Waals surface area contributed by atoms with Crippen LogP contribution in [0.5, 0.6) is 0 Å². The number of hydrogen-bond acceptors (Lipinski definition) is 4. The normalized spacial score (nSPS) is 14.0. The highest BCUT2D eigenvalue weighted by atomic mass is 15.3. The lowest BCUT2D eigenvalue weighted by Gasteiger charge is -2.20. The molecule has 0 atom stereocenters. The zero-order valence-corrected chi connectivity index (χ0v) is 12.9. The summed E-state index contributed by atoms with van der Waals surface area (Å²) >= 11 is 0. The molecule has 0 fully saturated rings. The second-order valence-electron chi connectivity index (χ2n) is 5.49.